The van der Waals surface area contributed by atoms with Gasteiger partial charge in [0.2, 0.25) is 0 Å². The van der Waals surface area contributed by atoms with Gasteiger partial charge in [0.15, 0.2) is 6.29 Å². The summed E-state index contributed by atoms with van der Waals surface area (Å²) in [7, 11) is 0. The molecule has 0 bridgehead atoms. The average Bonchev–Trinajstić information content (AvgIpc) is 2.75. The molecular weight excluding hydrogens is 156 g/mol. The minimum absolute atomic E-state index is 0.535. The smallest absolute Gasteiger partial charge is 0.166 e. The van der Waals surface area contributed by atoms with Crippen LogP contribution in [0.25, 0.3) is 11.3 Å². The predicted molar refractivity (Wildman–Crippen MR) is 41.6 cm³/mol. The van der Waals surface area contributed by atoms with Gasteiger partial charge < -0.3 is 4.98 Å². The first-order valence-corrected chi connectivity index (χ1v) is 3.40. The Kier molecular flexibility index (Phi) is 1.48. The van der Waals surface area contributed by atoms with Crippen LogP contribution in [0.2, 0.25) is 0 Å². The summed E-state index contributed by atoms with van der Waals surface area (Å²) in [5, 5.41) is 10.0. The maximum Gasteiger partial charge on any atom is 0.166 e. The van der Waals surface area contributed by atoms with Crippen molar-refractivity contribution in [2.75, 3.05) is 0 Å². The Bertz CT molecular complexity index is 376. The quantitative estimate of drug-likeness (QED) is 0.635. The molecule has 2 N–H and O–H groups in total. The van der Waals surface area contributed by atoms with E-state index < -0.39 is 0 Å². The number of aromatic nitrogens is 4. The van der Waals surface area contributed by atoms with Gasteiger partial charge in [0.05, 0.1) is 11.9 Å². The summed E-state index contributed by atoms with van der Waals surface area (Å²) < 4.78 is 0. The highest BCUT2D eigenvalue weighted by Crippen LogP contribution is 2.14. The van der Waals surface area contributed by atoms with E-state index >= 15 is 0 Å². The molecule has 0 aliphatic rings. The highest BCUT2D eigenvalue weighted by molar-refractivity contribution is 5.76. The Labute approximate surface area is 67.8 Å². The van der Waals surface area contributed by atoms with Gasteiger partial charge in [-0.1, -0.05) is 0 Å². The fourth-order valence-corrected chi connectivity index (χ4v) is 0.969. The third-order valence-corrected chi connectivity index (χ3v) is 1.54. The molecule has 0 aliphatic heterocycles. The van der Waals surface area contributed by atoms with Crippen molar-refractivity contribution < 1.29 is 4.79 Å². The molecule has 0 amide bonds. The van der Waals surface area contributed by atoms with Crippen molar-refractivity contribution >= 4 is 6.29 Å². The number of hydrogen-bond donors (Lipinski definition) is 2. The van der Waals surface area contributed by atoms with Crippen LogP contribution in [-0.2, 0) is 0 Å². The molecule has 0 aliphatic carbocycles. The molecule has 0 fully saturated rings. The molecule has 0 unspecified atom stereocenters. The average molecular weight is 162 g/mol. The second kappa shape index (κ2) is 2.61. The van der Waals surface area contributed by atoms with E-state index in [1.165, 1.54) is 0 Å². The van der Waals surface area contributed by atoms with Crippen LogP contribution < -0.4 is 0 Å². The topological polar surface area (TPSA) is 74.4 Å². The number of nitrogens with zero attached hydrogens (tertiary/aromatic N) is 2. The van der Waals surface area contributed by atoms with Crippen molar-refractivity contribution in [1.29, 1.82) is 0 Å². The van der Waals surface area contributed by atoms with E-state index in [2.05, 4.69) is 20.4 Å². The van der Waals surface area contributed by atoms with Crippen molar-refractivity contribution in [2.45, 2.75) is 0 Å². The van der Waals surface area contributed by atoms with Crippen LogP contribution >= 0.6 is 0 Å². The summed E-state index contributed by atoms with van der Waals surface area (Å²) in [5.74, 6) is 0. The zero-order valence-corrected chi connectivity index (χ0v) is 6.11. The van der Waals surface area contributed by atoms with Gasteiger partial charge in [0, 0.05) is 11.8 Å². The van der Waals surface area contributed by atoms with Crippen LogP contribution in [0.1, 0.15) is 10.5 Å². The fraction of sp³-hybridized carbons (Fsp3) is 0. The van der Waals surface area contributed by atoms with Gasteiger partial charge in [-0.3, -0.25) is 4.79 Å². The largest absolute Gasteiger partial charge is 0.358 e. The van der Waals surface area contributed by atoms with Gasteiger partial charge in [-0.2, -0.15) is 15.4 Å². The van der Waals surface area contributed by atoms with Gasteiger partial charge in [-0.15, -0.1) is 0 Å². The third kappa shape index (κ3) is 1.01. The highest BCUT2D eigenvalue weighted by atomic mass is 16.1. The summed E-state index contributed by atoms with van der Waals surface area (Å²) >= 11 is 0. The normalized spacial score (nSPS) is 10.0. The number of carbonyl (C=O) groups is 1. The molecule has 0 saturated heterocycles. The summed E-state index contributed by atoms with van der Waals surface area (Å²) in [6.45, 7) is 0. The molecule has 0 saturated carbocycles. The van der Waals surface area contributed by atoms with E-state index in [1.807, 2.05) is 0 Å². The first kappa shape index (κ1) is 6.78. The molecule has 60 valence electrons. The summed E-state index contributed by atoms with van der Waals surface area (Å²) in [4.78, 5) is 13.1. The molecule has 12 heavy (non-hydrogen) atoms. The zero-order chi connectivity index (χ0) is 8.39. The minimum Gasteiger partial charge on any atom is -0.358 e. The molecule has 0 aromatic carbocycles. The lowest BCUT2D eigenvalue weighted by Gasteiger charge is -1.82. The first-order valence-electron chi connectivity index (χ1n) is 3.40. The van der Waals surface area contributed by atoms with E-state index in [4.69, 9.17) is 0 Å². The van der Waals surface area contributed by atoms with E-state index in [1.54, 1.807) is 18.5 Å². The third-order valence-electron chi connectivity index (χ3n) is 1.54. The van der Waals surface area contributed by atoms with Crippen molar-refractivity contribution in [3.8, 4) is 11.3 Å². The molecule has 2 aromatic rings. The molecular formula is C7H6N4O. The van der Waals surface area contributed by atoms with Gasteiger partial charge in [-0.25, -0.2) is 0 Å². The number of aromatic amines is 2. The summed E-state index contributed by atoms with van der Waals surface area (Å²) in [6, 6.07) is 1.71. The number of rotatable bonds is 2. The van der Waals surface area contributed by atoms with Crippen LogP contribution in [0.4, 0.5) is 0 Å². The van der Waals surface area contributed by atoms with Gasteiger partial charge in [0.1, 0.15) is 5.69 Å². The second-order valence-corrected chi connectivity index (χ2v) is 2.32. The Morgan fingerprint density at radius 2 is 2.42 bits per heavy atom. The van der Waals surface area contributed by atoms with Crippen LogP contribution in [0.5, 0.6) is 0 Å². The van der Waals surface area contributed by atoms with Crippen molar-refractivity contribution in [1.82, 2.24) is 20.4 Å². The first-order chi connectivity index (χ1) is 5.90. The standard InChI is InChI=1S/C7H6N4O/c12-4-6-1-5(2-8-6)7-3-9-11-10-7/h1-4,8H,(H,9,10,11). The van der Waals surface area contributed by atoms with Crippen molar-refractivity contribution in [3.63, 3.8) is 0 Å². The Hall–Kier alpha value is -1.91. The molecule has 2 heterocycles. The summed E-state index contributed by atoms with van der Waals surface area (Å²) in [6.07, 6.45) is 4.06. The van der Waals surface area contributed by atoms with Crippen LogP contribution in [0.15, 0.2) is 18.5 Å². The number of aldehydes is 1. The molecule has 2 rings (SSSR count). The van der Waals surface area contributed by atoms with E-state index in [0.29, 0.717) is 5.69 Å². The summed E-state index contributed by atoms with van der Waals surface area (Å²) in [5.41, 5.74) is 2.11. The number of H-pyrrole nitrogens is 2. The molecule has 2 aromatic heterocycles. The molecule has 0 spiro atoms. The number of hydrogen-bond acceptors (Lipinski definition) is 3. The lowest BCUT2D eigenvalue weighted by atomic mass is 10.2. The monoisotopic (exact) mass is 162 g/mol. The van der Waals surface area contributed by atoms with E-state index in [0.717, 1.165) is 17.5 Å². The van der Waals surface area contributed by atoms with Crippen molar-refractivity contribution in [3.05, 3.63) is 24.2 Å². The van der Waals surface area contributed by atoms with Gasteiger partial charge in [-0.05, 0) is 6.07 Å². The Morgan fingerprint density at radius 1 is 1.50 bits per heavy atom. The minimum atomic E-state index is 0.535. The number of nitrogens with one attached hydrogen (secondary N) is 2. The molecule has 5 heteroatoms. The maximum atomic E-state index is 10.3. The lowest BCUT2D eigenvalue weighted by molar-refractivity contribution is 0.111. The highest BCUT2D eigenvalue weighted by Gasteiger charge is 2.02. The second-order valence-electron chi connectivity index (χ2n) is 2.32. The SMILES string of the molecule is O=Cc1cc(-c2cn[nH]n2)c[nH]1. The lowest BCUT2D eigenvalue weighted by Crippen LogP contribution is -1.74. The molecule has 5 nitrogen and oxygen atoms in total. The van der Waals surface area contributed by atoms with E-state index in [-0.39, 0.29) is 0 Å². The fourth-order valence-electron chi connectivity index (χ4n) is 0.969. The predicted octanol–water partition coefficient (Wildman–Crippen LogP) is 0.612. The Balaban J connectivity index is 2.41. The van der Waals surface area contributed by atoms with Crippen LogP contribution in [0.3, 0.4) is 0 Å². The Morgan fingerprint density at radius 3 is 3.00 bits per heavy atom. The van der Waals surface area contributed by atoms with Crippen LogP contribution in [0, 0.1) is 0 Å². The van der Waals surface area contributed by atoms with Gasteiger partial charge >= 0.3 is 0 Å². The zero-order valence-electron chi connectivity index (χ0n) is 6.11. The van der Waals surface area contributed by atoms with Crippen molar-refractivity contribution in [2.24, 2.45) is 0 Å². The molecule has 0 atom stereocenters. The van der Waals surface area contributed by atoms with E-state index in [9.17, 15) is 4.79 Å². The molecule has 0 radical (unpaired) electrons. The van der Waals surface area contributed by atoms with Crippen LogP contribution in [-0.4, -0.2) is 26.7 Å². The number of carbonyl (C=O) groups excluding carboxylic acids is 1. The maximum absolute atomic E-state index is 10.3. The van der Waals surface area contributed by atoms with Gasteiger partial charge in [0.25, 0.3) is 0 Å².